The molecule has 0 aromatic rings. The normalized spacial score (nSPS) is 14.2. The van der Waals surface area contributed by atoms with E-state index in [9.17, 15) is 9.59 Å². The molecule has 0 aromatic carbocycles. The van der Waals surface area contributed by atoms with E-state index in [1.807, 2.05) is 6.92 Å². The predicted octanol–water partition coefficient (Wildman–Crippen LogP) is 0.170. The van der Waals surface area contributed by atoms with Gasteiger partial charge >= 0.3 is 6.03 Å². The molecule has 0 saturated carbocycles. The second-order valence-electron chi connectivity index (χ2n) is 3.12. The first-order valence-electron chi connectivity index (χ1n) is 3.66. The molecule has 0 rings (SSSR count). The van der Waals surface area contributed by atoms with E-state index in [2.05, 4.69) is 5.32 Å². The van der Waals surface area contributed by atoms with Crippen molar-refractivity contribution in [2.75, 3.05) is 0 Å². The standard InChI is InChI=1S/C6H16N2O2Si/c1-4-5(8-6(7)9)11(2,3)10/h5,10H,4H2,1-3H3,(H3,7,8,9). The van der Waals surface area contributed by atoms with E-state index in [1.165, 1.54) is 0 Å². The van der Waals surface area contributed by atoms with Gasteiger partial charge in [-0.05, 0) is 19.5 Å². The van der Waals surface area contributed by atoms with Crippen LogP contribution in [0.25, 0.3) is 0 Å². The Kier molecular flexibility index (Phi) is 3.54. The topological polar surface area (TPSA) is 75.3 Å². The average molecular weight is 176 g/mol. The number of amides is 2. The molecule has 0 spiro atoms. The molecule has 0 aliphatic carbocycles. The first-order chi connectivity index (χ1) is 4.88. The van der Waals surface area contributed by atoms with Gasteiger partial charge in [0.15, 0.2) is 0 Å². The molecule has 4 nitrogen and oxygen atoms in total. The van der Waals surface area contributed by atoms with Gasteiger partial charge in [-0.3, -0.25) is 0 Å². The maximum absolute atomic E-state index is 10.4. The van der Waals surface area contributed by atoms with E-state index in [1.54, 1.807) is 13.1 Å². The summed E-state index contributed by atoms with van der Waals surface area (Å²) >= 11 is 0. The van der Waals surface area contributed by atoms with Crippen molar-refractivity contribution >= 4 is 14.3 Å². The lowest BCUT2D eigenvalue weighted by Crippen LogP contribution is -2.54. The molecule has 66 valence electrons. The highest BCUT2D eigenvalue weighted by molar-refractivity contribution is 6.71. The Balaban J connectivity index is 4.07. The summed E-state index contributed by atoms with van der Waals surface area (Å²) in [6, 6.07) is -0.563. The van der Waals surface area contributed by atoms with Gasteiger partial charge in [0.1, 0.15) is 0 Å². The maximum Gasteiger partial charge on any atom is 0.312 e. The van der Waals surface area contributed by atoms with Crippen LogP contribution in [0.4, 0.5) is 4.79 Å². The summed E-state index contributed by atoms with van der Waals surface area (Å²) in [5, 5.41) is 2.52. The Morgan fingerprint density at radius 2 is 2.18 bits per heavy atom. The molecule has 0 aliphatic heterocycles. The van der Waals surface area contributed by atoms with E-state index in [-0.39, 0.29) is 5.67 Å². The molecule has 0 fully saturated rings. The third kappa shape index (κ3) is 4.00. The fourth-order valence-electron chi connectivity index (χ4n) is 0.950. The average Bonchev–Trinajstić information content (AvgIpc) is 1.79. The van der Waals surface area contributed by atoms with Crippen molar-refractivity contribution in [1.29, 1.82) is 0 Å². The largest absolute Gasteiger partial charge is 0.430 e. The fraction of sp³-hybridized carbons (Fsp3) is 0.833. The van der Waals surface area contributed by atoms with Gasteiger partial charge in [0, 0.05) is 5.67 Å². The van der Waals surface area contributed by atoms with Crippen LogP contribution in [-0.2, 0) is 0 Å². The van der Waals surface area contributed by atoms with Crippen molar-refractivity contribution in [3.63, 3.8) is 0 Å². The lowest BCUT2D eigenvalue weighted by atomic mass is 10.5. The maximum atomic E-state index is 10.4. The minimum absolute atomic E-state index is 0.139. The van der Waals surface area contributed by atoms with E-state index in [0.29, 0.717) is 0 Å². The predicted molar refractivity (Wildman–Crippen MR) is 46.5 cm³/mol. The summed E-state index contributed by atoms with van der Waals surface area (Å²) < 4.78 is 0. The van der Waals surface area contributed by atoms with Crippen LogP contribution in [-0.4, -0.2) is 24.8 Å². The van der Waals surface area contributed by atoms with Gasteiger partial charge in [-0.2, -0.15) is 0 Å². The molecule has 1 unspecified atom stereocenters. The number of nitrogens with one attached hydrogen (secondary N) is 1. The zero-order chi connectivity index (χ0) is 9.07. The first-order valence-corrected chi connectivity index (χ1v) is 6.68. The Labute approximate surface area is 67.9 Å². The summed E-state index contributed by atoms with van der Waals surface area (Å²) in [5.74, 6) is 0. The van der Waals surface area contributed by atoms with Crippen molar-refractivity contribution in [3.8, 4) is 0 Å². The van der Waals surface area contributed by atoms with Crippen LogP contribution in [0.2, 0.25) is 13.1 Å². The van der Waals surface area contributed by atoms with Crippen molar-refractivity contribution in [1.82, 2.24) is 5.32 Å². The molecule has 11 heavy (non-hydrogen) atoms. The second kappa shape index (κ2) is 3.73. The third-order valence-corrected chi connectivity index (χ3v) is 3.84. The van der Waals surface area contributed by atoms with Gasteiger partial charge in [-0.25, -0.2) is 4.79 Å². The molecule has 0 heterocycles. The number of nitrogens with two attached hydrogens (primary N) is 1. The Morgan fingerprint density at radius 1 is 1.73 bits per heavy atom. The smallest absolute Gasteiger partial charge is 0.312 e. The van der Waals surface area contributed by atoms with Crippen molar-refractivity contribution in [3.05, 3.63) is 0 Å². The summed E-state index contributed by atoms with van der Waals surface area (Å²) in [4.78, 5) is 20.0. The van der Waals surface area contributed by atoms with Crippen LogP contribution in [0.1, 0.15) is 13.3 Å². The highest BCUT2D eigenvalue weighted by atomic mass is 28.4. The number of urea groups is 1. The van der Waals surface area contributed by atoms with Crippen LogP contribution in [0.3, 0.4) is 0 Å². The zero-order valence-electron chi connectivity index (χ0n) is 7.22. The van der Waals surface area contributed by atoms with Crippen LogP contribution in [0.5, 0.6) is 0 Å². The summed E-state index contributed by atoms with van der Waals surface area (Å²) in [5.41, 5.74) is 4.79. The van der Waals surface area contributed by atoms with Crippen LogP contribution in [0, 0.1) is 0 Å². The lowest BCUT2D eigenvalue weighted by molar-refractivity contribution is 0.246. The van der Waals surface area contributed by atoms with Crippen LogP contribution >= 0.6 is 0 Å². The summed E-state index contributed by atoms with van der Waals surface area (Å²) in [6.07, 6.45) is 0.721. The fourth-order valence-corrected chi connectivity index (χ4v) is 2.44. The lowest BCUT2D eigenvalue weighted by Gasteiger charge is -2.25. The van der Waals surface area contributed by atoms with Gasteiger partial charge in [0.2, 0.25) is 8.32 Å². The molecule has 1 atom stereocenters. The highest BCUT2D eigenvalue weighted by Gasteiger charge is 2.29. The minimum atomic E-state index is -2.26. The molecular weight excluding hydrogens is 160 g/mol. The van der Waals surface area contributed by atoms with Crippen LogP contribution in [0.15, 0.2) is 0 Å². The number of carbonyl (C=O) groups is 1. The van der Waals surface area contributed by atoms with Gasteiger partial charge in [0.05, 0.1) is 0 Å². The van der Waals surface area contributed by atoms with Gasteiger partial charge in [-0.15, -0.1) is 0 Å². The Morgan fingerprint density at radius 3 is 2.27 bits per heavy atom. The number of carbonyl (C=O) groups excluding carboxylic acids is 1. The molecule has 0 bridgehead atoms. The van der Waals surface area contributed by atoms with Crippen molar-refractivity contribution in [2.45, 2.75) is 32.1 Å². The molecule has 0 aliphatic rings. The van der Waals surface area contributed by atoms with Gasteiger partial charge in [0.25, 0.3) is 0 Å². The zero-order valence-corrected chi connectivity index (χ0v) is 8.22. The van der Waals surface area contributed by atoms with Crippen molar-refractivity contribution in [2.24, 2.45) is 5.73 Å². The molecule has 2 amide bonds. The van der Waals surface area contributed by atoms with Gasteiger partial charge in [-0.1, -0.05) is 6.92 Å². The summed E-state index contributed by atoms with van der Waals surface area (Å²) in [6.45, 7) is 5.46. The van der Waals surface area contributed by atoms with E-state index in [0.717, 1.165) is 6.42 Å². The minimum Gasteiger partial charge on any atom is -0.430 e. The summed E-state index contributed by atoms with van der Waals surface area (Å²) in [7, 11) is -2.26. The second-order valence-corrected chi connectivity index (χ2v) is 7.13. The molecule has 0 radical (unpaired) electrons. The molecule has 0 saturated heterocycles. The Bertz CT molecular complexity index is 144. The SMILES string of the molecule is CCC(NC(N)=O)[Si](C)(C)O. The Hall–Kier alpha value is -0.553. The molecule has 0 aromatic heterocycles. The highest BCUT2D eigenvalue weighted by Crippen LogP contribution is 2.06. The van der Waals surface area contributed by atoms with E-state index >= 15 is 0 Å². The third-order valence-electron chi connectivity index (χ3n) is 1.58. The number of hydrogen-bond acceptors (Lipinski definition) is 2. The molecule has 4 N–H and O–H groups in total. The molecule has 5 heteroatoms. The van der Waals surface area contributed by atoms with Crippen molar-refractivity contribution < 1.29 is 9.59 Å². The van der Waals surface area contributed by atoms with E-state index < -0.39 is 14.3 Å². The van der Waals surface area contributed by atoms with E-state index in [4.69, 9.17) is 5.73 Å². The number of hydrogen-bond donors (Lipinski definition) is 3. The van der Waals surface area contributed by atoms with Crippen LogP contribution < -0.4 is 11.1 Å². The quantitative estimate of drug-likeness (QED) is 0.536. The first kappa shape index (κ1) is 10.4. The van der Waals surface area contributed by atoms with Gasteiger partial charge < -0.3 is 15.8 Å². The molecular formula is C6H16N2O2Si. The number of rotatable bonds is 3. The number of primary amides is 1. The monoisotopic (exact) mass is 176 g/mol.